The maximum absolute atomic E-state index is 12.0. The molecular weight excluding hydrogens is 260 g/mol. The summed E-state index contributed by atoms with van der Waals surface area (Å²) in [5, 5.41) is 11.1. The molecule has 0 aliphatic heterocycles. The van der Waals surface area contributed by atoms with Crippen LogP contribution in [0.4, 0.5) is 11.4 Å². The first kappa shape index (κ1) is 13.5. The van der Waals surface area contributed by atoms with E-state index in [0.29, 0.717) is 11.4 Å². The van der Waals surface area contributed by atoms with Crippen LogP contribution in [0.15, 0.2) is 42.5 Å². The summed E-state index contributed by atoms with van der Waals surface area (Å²) < 4.78 is 0. The van der Waals surface area contributed by atoms with E-state index >= 15 is 0 Å². The van der Waals surface area contributed by atoms with Gasteiger partial charge in [-0.05, 0) is 24.3 Å². The number of carbonyl (C=O) groups is 2. The Morgan fingerprint density at radius 3 is 2.30 bits per heavy atom. The van der Waals surface area contributed by atoms with E-state index in [1.165, 1.54) is 23.7 Å². The Kier molecular flexibility index (Phi) is 3.92. The molecule has 20 heavy (non-hydrogen) atoms. The second-order valence-corrected chi connectivity index (χ2v) is 3.89. The van der Waals surface area contributed by atoms with Crippen LogP contribution in [0.25, 0.3) is 0 Å². The largest absolute Gasteiger partial charge is 0.397 e. The Balaban J connectivity index is 2.22. The number of carbonyl (C=O) groups excluding carboxylic acids is 2. The summed E-state index contributed by atoms with van der Waals surface area (Å²) in [4.78, 5) is 27.1. The van der Waals surface area contributed by atoms with Gasteiger partial charge in [0.05, 0.1) is 11.4 Å². The van der Waals surface area contributed by atoms with Crippen molar-refractivity contribution in [3.8, 4) is 0 Å². The number of benzene rings is 1. The quantitative estimate of drug-likeness (QED) is 0.378. The minimum absolute atomic E-state index is 0.0364. The monoisotopic (exact) mass is 272 g/mol. The SMILES string of the molecule is Nc1ccccc1NC(=O)c1cccc(C(=O)NO)n1. The molecule has 102 valence electrons. The first-order chi connectivity index (χ1) is 9.61. The summed E-state index contributed by atoms with van der Waals surface area (Å²) in [5.74, 6) is -1.30. The minimum atomic E-state index is -0.793. The first-order valence-electron chi connectivity index (χ1n) is 5.69. The summed E-state index contributed by atoms with van der Waals surface area (Å²) in [7, 11) is 0. The summed E-state index contributed by atoms with van der Waals surface area (Å²) in [6.07, 6.45) is 0. The highest BCUT2D eigenvalue weighted by Crippen LogP contribution is 2.17. The molecule has 0 spiro atoms. The van der Waals surface area contributed by atoms with Crippen LogP contribution in [0, 0.1) is 0 Å². The molecule has 0 unspecified atom stereocenters. The third-order valence-electron chi connectivity index (χ3n) is 2.52. The Labute approximate surface area is 114 Å². The van der Waals surface area contributed by atoms with Crippen LogP contribution < -0.4 is 16.5 Å². The molecule has 2 aromatic rings. The van der Waals surface area contributed by atoms with Crippen molar-refractivity contribution in [1.29, 1.82) is 0 Å². The number of rotatable bonds is 3. The molecule has 0 radical (unpaired) electrons. The zero-order valence-corrected chi connectivity index (χ0v) is 10.3. The summed E-state index contributed by atoms with van der Waals surface area (Å²) in [6, 6.07) is 11.1. The second-order valence-electron chi connectivity index (χ2n) is 3.89. The van der Waals surface area contributed by atoms with Crippen LogP contribution in [0.2, 0.25) is 0 Å². The summed E-state index contributed by atoms with van der Waals surface area (Å²) in [5.41, 5.74) is 8.01. The fourth-order valence-corrected chi connectivity index (χ4v) is 1.54. The third-order valence-corrected chi connectivity index (χ3v) is 2.52. The number of hydroxylamine groups is 1. The molecule has 5 N–H and O–H groups in total. The van der Waals surface area contributed by atoms with Gasteiger partial charge in [0.1, 0.15) is 11.4 Å². The number of pyridine rings is 1. The molecule has 0 aliphatic rings. The predicted octanol–water partition coefficient (Wildman–Crippen LogP) is 1.04. The molecular formula is C13H12N4O3. The van der Waals surface area contributed by atoms with Crippen LogP contribution >= 0.6 is 0 Å². The molecule has 1 aromatic carbocycles. The Hall–Kier alpha value is -2.93. The van der Waals surface area contributed by atoms with Gasteiger partial charge in [0.25, 0.3) is 11.8 Å². The van der Waals surface area contributed by atoms with E-state index < -0.39 is 11.8 Å². The first-order valence-corrected chi connectivity index (χ1v) is 5.69. The van der Waals surface area contributed by atoms with Crippen molar-refractivity contribution in [1.82, 2.24) is 10.5 Å². The number of hydrogen-bond donors (Lipinski definition) is 4. The Bertz CT molecular complexity index is 658. The molecule has 7 heteroatoms. The number of hydrogen-bond acceptors (Lipinski definition) is 5. The van der Waals surface area contributed by atoms with Crippen molar-refractivity contribution in [2.45, 2.75) is 0 Å². The molecule has 0 fully saturated rings. The van der Waals surface area contributed by atoms with Crippen molar-refractivity contribution >= 4 is 23.2 Å². The molecule has 7 nitrogen and oxygen atoms in total. The molecule has 0 atom stereocenters. The lowest BCUT2D eigenvalue weighted by Gasteiger charge is -2.07. The van der Waals surface area contributed by atoms with Gasteiger partial charge in [-0.1, -0.05) is 18.2 Å². The van der Waals surface area contributed by atoms with Gasteiger partial charge >= 0.3 is 0 Å². The van der Waals surface area contributed by atoms with E-state index in [0.717, 1.165) is 0 Å². The van der Waals surface area contributed by atoms with Crippen LogP contribution in [-0.4, -0.2) is 22.0 Å². The number of amides is 2. The van der Waals surface area contributed by atoms with Crippen LogP contribution in [-0.2, 0) is 0 Å². The Morgan fingerprint density at radius 1 is 1.00 bits per heavy atom. The van der Waals surface area contributed by atoms with Gasteiger partial charge in [-0.25, -0.2) is 10.5 Å². The molecule has 2 rings (SSSR count). The lowest BCUT2D eigenvalue weighted by molar-refractivity contribution is 0.0700. The average molecular weight is 272 g/mol. The minimum Gasteiger partial charge on any atom is -0.397 e. The number of nitrogens with zero attached hydrogens (tertiary/aromatic N) is 1. The Morgan fingerprint density at radius 2 is 1.65 bits per heavy atom. The highest BCUT2D eigenvalue weighted by Gasteiger charge is 2.12. The average Bonchev–Trinajstić information content (AvgIpc) is 2.49. The molecule has 2 amide bonds. The van der Waals surface area contributed by atoms with E-state index in [-0.39, 0.29) is 11.4 Å². The molecule has 1 heterocycles. The molecule has 0 saturated carbocycles. The molecule has 1 aromatic heterocycles. The zero-order chi connectivity index (χ0) is 14.5. The van der Waals surface area contributed by atoms with E-state index in [9.17, 15) is 9.59 Å². The van der Waals surface area contributed by atoms with Gasteiger partial charge in [0.15, 0.2) is 0 Å². The fourth-order valence-electron chi connectivity index (χ4n) is 1.54. The topological polar surface area (TPSA) is 117 Å². The van der Waals surface area contributed by atoms with Crippen LogP contribution in [0.1, 0.15) is 21.0 Å². The second kappa shape index (κ2) is 5.81. The molecule has 0 saturated heterocycles. The lowest BCUT2D eigenvalue weighted by Crippen LogP contribution is -2.22. The van der Waals surface area contributed by atoms with E-state index in [4.69, 9.17) is 10.9 Å². The number of anilines is 2. The zero-order valence-electron chi connectivity index (χ0n) is 10.3. The highest BCUT2D eigenvalue weighted by atomic mass is 16.5. The van der Waals surface area contributed by atoms with Gasteiger partial charge in [-0.2, -0.15) is 0 Å². The maximum Gasteiger partial charge on any atom is 0.293 e. The maximum atomic E-state index is 12.0. The van der Waals surface area contributed by atoms with Gasteiger partial charge < -0.3 is 11.1 Å². The van der Waals surface area contributed by atoms with Crippen molar-refractivity contribution in [2.24, 2.45) is 0 Å². The van der Waals surface area contributed by atoms with Crippen LogP contribution in [0.5, 0.6) is 0 Å². The normalized spacial score (nSPS) is 9.85. The van der Waals surface area contributed by atoms with Gasteiger partial charge in [0, 0.05) is 0 Å². The van der Waals surface area contributed by atoms with Crippen molar-refractivity contribution in [2.75, 3.05) is 11.1 Å². The lowest BCUT2D eigenvalue weighted by atomic mass is 10.2. The summed E-state index contributed by atoms with van der Waals surface area (Å²) >= 11 is 0. The van der Waals surface area contributed by atoms with Gasteiger partial charge in [-0.3, -0.25) is 14.8 Å². The smallest absolute Gasteiger partial charge is 0.293 e. The van der Waals surface area contributed by atoms with Gasteiger partial charge in [0.2, 0.25) is 0 Å². The third kappa shape index (κ3) is 2.90. The number of nitrogens with one attached hydrogen (secondary N) is 2. The highest BCUT2D eigenvalue weighted by molar-refractivity contribution is 6.05. The van der Waals surface area contributed by atoms with E-state index in [2.05, 4.69) is 10.3 Å². The predicted molar refractivity (Wildman–Crippen MR) is 72.3 cm³/mol. The van der Waals surface area contributed by atoms with Gasteiger partial charge in [-0.15, -0.1) is 0 Å². The van der Waals surface area contributed by atoms with E-state index in [1.54, 1.807) is 24.3 Å². The van der Waals surface area contributed by atoms with E-state index in [1.807, 2.05) is 0 Å². The molecule has 0 bridgehead atoms. The fraction of sp³-hybridized carbons (Fsp3) is 0. The van der Waals surface area contributed by atoms with Crippen LogP contribution in [0.3, 0.4) is 0 Å². The number of nitrogens with two attached hydrogens (primary N) is 1. The number of nitrogen functional groups attached to an aromatic ring is 1. The molecule has 0 aliphatic carbocycles. The number of para-hydroxylation sites is 2. The number of aromatic nitrogens is 1. The summed E-state index contributed by atoms with van der Waals surface area (Å²) in [6.45, 7) is 0. The van der Waals surface area contributed by atoms with Crippen molar-refractivity contribution in [3.05, 3.63) is 53.9 Å². The van der Waals surface area contributed by atoms with Crippen molar-refractivity contribution in [3.63, 3.8) is 0 Å². The van der Waals surface area contributed by atoms with Crippen molar-refractivity contribution < 1.29 is 14.8 Å². The standard InChI is InChI=1S/C13H12N4O3/c14-8-4-1-2-5-9(8)16-12(18)10-6-3-7-11(15-10)13(19)17-20/h1-7,20H,14H2,(H,16,18)(H,17,19).